The molecule has 1 aromatic rings. The van der Waals surface area contributed by atoms with Gasteiger partial charge in [-0.15, -0.1) is 0 Å². The predicted molar refractivity (Wildman–Crippen MR) is 64.7 cm³/mol. The molecule has 16 heavy (non-hydrogen) atoms. The van der Waals surface area contributed by atoms with Crippen LogP contribution in [-0.2, 0) is 9.47 Å². The first kappa shape index (κ1) is 11.4. The Hall–Kier alpha value is -1.06. The Morgan fingerprint density at radius 1 is 1.31 bits per heavy atom. The number of rotatable bonds is 3. The van der Waals surface area contributed by atoms with Gasteiger partial charge in [-0.3, -0.25) is 0 Å². The molecule has 0 saturated carbocycles. The zero-order valence-electron chi connectivity index (χ0n) is 9.95. The molecule has 1 unspecified atom stereocenters. The largest absolute Gasteiger partial charge is 0.382 e. The lowest BCUT2D eigenvalue weighted by Gasteiger charge is -2.24. The number of hydrogen-bond donors (Lipinski definition) is 1. The Labute approximate surface area is 96.8 Å². The van der Waals surface area contributed by atoms with Crippen LogP contribution in [0.15, 0.2) is 18.2 Å². The monoisotopic (exact) mass is 221 g/mol. The van der Waals surface area contributed by atoms with Gasteiger partial charge in [0.15, 0.2) is 0 Å². The van der Waals surface area contributed by atoms with Gasteiger partial charge in [-0.1, -0.05) is 18.2 Å². The van der Waals surface area contributed by atoms with E-state index in [1.807, 2.05) is 0 Å². The predicted octanol–water partition coefficient (Wildman–Crippen LogP) is 2.48. The number of aryl methyl sites for hydroxylation is 2. The second kappa shape index (κ2) is 5.32. The second-order valence-electron chi connectivity index (χ2n) is 4.25. The highest BCUT2D eigenvalue weighted by Gasteiger charge is 2.14. The summed E-state index contributed by atoms with van der Waals surface area (Å²) in [7, 11) is 0. The van der Waals surface area contributed by atoms with E-state index >= 15 is 0 Å². The molecular formula is C13H19NO2. The molecule has 1 N–H and O–H groups in total. The summed E-state index contributed by atoms with van der Waals surface area (Å²) < 4.78 is 10.6. The van der Waals surface area contributed by atoms with E-state index in [-0.39, 0.29) is 6.10 Å². The molecule has 1 heterocycles. The van der Waals surface area contributed by atoms with Crippen LogP contribution in [0.25, 0.3) is 0 Å². The standard InChI is InChI=1S/C13H19NO2/c1-10-4-3-5-11(2)13(10)14-8-12-6-7-15-9-16-12/h3-5,12,14H,6-9H2,1-2H3. The third kappa shape index (κ3) is 2.74. The summed E-state index contributed by atoms with van der Waals surface area (Å²) in [5.74, 6) is 0. The molecule has 3 heteroatoms. The number of anilines is 1. The first-order chi connectivity index (χ1) is 7.77. The zero-order valence-corrected chi connectivity index (χ0v) is 9.95. The SMILES string of the molecule is Cc1cccc(C)c1NCC1CCOCO1. The van der Waals surface area contributed by atoms with Crippen molar-refractivity contribution < 1.29 is 9.47 Å². The van der Waals surface area contributed by atoms with Crippen LogP contribution in [0.2, 0.25) is 0 Å². The first-order valence-corrected chi connectivity index (χ1v) is 5.77. The maximum Gasteiger partial charge on any atom is 0.147 e. The van der Waals surface area contributed by atoms with Crippen LogP contribution in [0.4, 0.5) is 5.69 Å². The summed E-state index contributed by atoms with van der Waals surface area (Å²) in [6, 6.07) is 6.33. The van der Waals surface area contributed by atoms with E-state index in [0.717, 1.165) is 19.6 Å². The van der Waals surface area contributed by atoms with Crippen molar-refractivity contribution in [3.63, 3.8) is 0 Å². The molecule has 0 radical (unpaired) electrons. The van der Waals surface area contributed by atoms with E-state index < -0.39 is 0 Å². The number of hydrogen-bond acceptors (Lipinski definition) is 3. The van der Waals surface area contributed by atoms with Crippen molar-refractivity contribution in [3.05, 3.63) is 29.3 Å². The average Bonchev–Trinajstić information content (AvgIpc) is 2.30. The summed E-state index contributed by atoms with van der Waals surface area (Å²) >= 11 is 0. The molecule has 2 rings (SSSR count). The van der Waals surface area contributed by atoms with Gasteiger partial charge in [0, 0.05) is 12.2 Å². The molecule has 0 aliphatic carbocycles. The summed E-state index contributed by atoms with van der Waals surface area (Å²) in [6.45, 7) is 6.34. The van der Waals surface area contributed by atoms with E-state index in [1.54, 1.807) is 0 Å². The Morgan fingerprint density at radius 2 is 2.06 bits per heavy atom. The summed E-state index contributed by atoms with van der Waals surface area (Å²) in [5, 5.41) is 3.47. The van der Waals surface area contributed by atoms with Crippen molar-refractivity contribution in [1.82, 2.24) is 0 Å². The van der Waals surface area contributed by atoms with Gasteiger partial charge in [-0.2, -0.15) is 0 Å². The van der Waals surface area contributed by atoms with E-state index in [2.05, 4.69) is 37.4 Å². The minimum absolute atomic E-state index is 0.271. The molecular weight excluding hydrogens is 202 g/mol. The minimum Gasteiger partial charge on any atom is -0.382 e. The third-order valence-corrected chi connectivity index (χ3v) is 2.96. The van der Waals surface area contributed by atoms with Crippen molar-refractivity contribution >= 4 is 5.69 Å². The molecule has 0 bridgehead atoms. The molecule has 0 spiro atoms. The van der Waals surface area contributed by atoms with Gasteiger partial charge >= 0.3 is 0 Å². The zero-order chi connectivity index (χ0) is 11.4. The molecule has 88 valence electrons. The molecule has 0 amide bonds. The Bertz CT molecular complexity index is 326. The van der Waals surface area contributed by atoms with Crippen LogP contribution in [0.5, 0.6) is 0 Å². The maximum absolute atomic E-state index is 5.49. The molecule has 1 aliphatic heterocycles. The van der Waals surface area contributed by atoms with Crippen molar-refractivity contribution in [3.8, 4) is 0 Å². The lowest BCUT2D eigenvalue weighted by Crippen LogP contribution is -2.30. The number of nitrogens with one attached hydrogen (secondary N) is 1. The Kier molecular flexibility index (Phi) is 3.80. The molecule has 1 saturated heterocycles. The van der Waals surface area contributed by atoms with Gasteiger partial charge in [-0.05, 0) is 31.4 Å². The summed E-state index contributed by atoms with van der Waals surface area (Å²) in [4.78, 5) is 0. The quantitative estimate of drug-likeness (QED) is 0.850. The highest BCUT2D eigenvalue weighted by atomic mass is 16.7. The van der Waals surface area contributed by atoms with Gasteiger partial charge < -0.3 is 14.8 Å². The lowest BCUT2D eigenvalue weighted by molar-refractivity contribution is -0.133. The minimum atomic E-state index is 0.271. The molecule has 1 aliphatic rings. The highest BCUT2D eigenvalue weighted by molar-refractivity contribution is 5.56. The van der Waals surface area contributed by atoms with Crippen molar-refractivity contribution in [1.29, 1.82) is 0 Å². The second-order valence-corrected chi connectivity index (χ2v) is 4.25. The molecule has 1 aromatic carbocycles. The number of benzene rings is 1. The smallest absolute Gasteiger partial charge is 0.147 e. The van der Waals surface area contributed by atoms with Crippen LogP contribution < -0.4 is 5.32 Å². The molecule has 3 nitrogen and oxygen atoms in total. The van der Waals surface area contributed by atoms with Crippen LogP contribution in [0.3, 0.4) is 0 Å². The number of para-hydroxylation sites is 1. The lowest BCUT2D eigenvalue weighted by atomic mass is 10.1. The fourth-order valence-electron chi connectivity index (χ4n) is 1.97. The van der Waals surface area contributed by atoms with Crippen molar-refractivity contribution in [2.45, 2.75) is 26.4 Å². The number of ether oxygens (including phenoxy) is 2. The van der Waals surface area contributed by atoms with Crippen LogP contribution >= 0.6 is 0 Å². The van der Waals surface area contributed by atoms with E-state index in [1.165, 1.54) is 16.8 Å². The summed E-state index contributed by atoms with van der Waals surface area (Å²) in [6.07, 6.45) is 1.24. The average molecular weight is 221 g/mol. The van der Waals surface area contributed by atoms with Gasteiger partial charge in [0.25, 0.3) is 0 Å². The van der Waals surface area contributed by atoms with Crippen LogP contribution in [0, 0.1) is 13.8 Å². The van der Waals surface area contributed by atoms with Gasteiger partial charge in [0.1, 0.15) is 6.79 Å². The normalized spacial score (nSPS) is 20.8. The fraction of sp³-hybridized carbons (Fsp3) is 0.538. The van der Waals surface area contributed by atoms with E-state index in [9.17, 15) is 0 Å². The first-order valence-electron chi connectivity index (χ1n) is 5.77. The van der Waals surface area contributed by atoms with Gasteiger partial charge in [0.05, 0.1) is 12.7 Å². The van der Waals surface area contributed by atoms with E-state index in [0.29, 0.717) is 6.79 Å². The Morgan fingerprint density at radius 3 is 2.69 bits per heavy atom. The van der Waals surface area contributed by atoms with Gasteiger partial charge in [0.2, 0.25) is 0 Å². The molecule has 1 atom stereocenters. The van der Waals surface area contributed by atoms with Gasteiger partial charge in [-0.25, -0.2) is 0 Å². The topological polar surface area (TPSA) is 30.5 Å². The van der Waals surface area contributed by atoms with Crippen LogP contribution in [-0.4, -0.2) is 26.0 Å². The molecule has 0 aromatic heterocycles. The molecule has 1 fully saturated rings. The van der Waals surface area contributed by atoms with E-state index in [4.69, 9.17) is 9.47 Å². The maximum atomic E-state index is 5.49. The van der Waals surface area contributed by atoms with Crippen molar-refractivity contribution in [2.24, 2.45) is 0 Å². The highest BCUT2D eigenvalue weighted by Crippen LogP contribution is 2.20. The summed E-state index contributed by atoms with van der Waals surface area (Å²) in [5.41, 5.74) is 3.80. The Balaban J connectivity index is 1.93. The fourth-order valence-corrected chi connectivity index (χ4v) is 1.97. The van der Waals surface area contributed by atoms with Crippen LogP contribution in [0.1, 0.15) is 17.5 Å². The van der Waals surface area contributed by atoms with Crippen molar-refractivity contribution in [2.75, 3.05) is 25.3 Å². The third-order valence-electron chi connectivity index (χ3n) is 2.96.